The molecule has 0 aliphatic heterocycles. The molecule has 0 radical (unpaired) electrons. The summed E-state index contributed by atoms with van der Waals surface area (Å²) in [6.07, 6.45) is 0.817. The van der Waals surface area contributed by atoms with Crippen molar-refractivity contribution in [2.24, 2.45) is 5.41 Å². The molecule has 2 aromatic rings. The van der Waals surface area contributed by atoms with E-state index in [9.17, 15) is 9.59 Å². The van der Waals surface area contributed by atoms with Crippen molar-refractivity contribution >= 4 is 27.5 Å². The first-order valence-electron chi connectivity index (χ1n) is 6.61. The second-order valence-electron chi connectivity index (χ2n) is 6.01. The van der Waals surface area contributed by atoms with Crippen LogP contribution < -0.4 is 11.2 Å². The molecule has 3 rings (SSSR count). The van der Waals surface area contributed by atoms with E-state index < -0.39 is 5.69 Å². The van der Waals surface area contributed by atoms with Crippen LogP contribution in [0.3, 0.4) is 0 Å². The highest BCUT2D eigenvalue weighted by atomic mass is 79.9. The van der Waals surface area contributed by atoms with Gasteiger partial charge in [0.2, 0.25) is 0 Å². The van der Waals surface area contributed by atoms with Gasteiger partial charge in [-0.2, -0.15) is 0 Å². The van der Waals surface area contributed by atoms with Crippen molar-refractivity contribution in [2.75, 3.05) is 0 Å². The molecule has 1 atom stereocenters. The average Bonchev–Trinajstić information content (AvgIpc) is 2.99. The molecule has 1 unspecified atom stereocenters. The molecule has 0 bridgehead atoms. The molecule has 1 saturated carbocycles. The molecule has 21 heavy (non-hydrogen) atoms. The molecule has 6 heteroatoms. The minimum atomic E-state index is -0.443. The number of halogens is 2. The van der Waals surface area contributed by atoms with Crippen LogP contribution in [-0.2, 0) is 0 Å². The van der Waals surface area contributed by atoms with E-state index in [1.807, 2.05) is 26.0 Å². The van der Waals surface area contributed by atoms with Crippen LogP contribution in [0.5, 0.6) is 0 Å². The Hall–Kier alpha value is -1.33. The van der Waals surface area contributed by atoms with Gasteiger partial charge in [-0.3, -0.25) is 14.3 Å². The third-order valence-electron chi connectivity index (χ3n) is 3.99. The average molecular weight is 370 g/mol. The Labute approximate surface area is 134 Å². The van der Waals surface area contributed by atoms with Gasteiger partial charge in [0.1, 0.15) is 5.15 Å². The zero-order chi connectivity index (χ0) is 15.4. The van der Waals surface area contributed by atoms with Crippen molar-refractivity contribution in [1.29, 1.82) is 0 Å². The van der Waals surface area contributed by atoms with Gasteiger partial charge >= 0.3 is 5.69 Å². The molecule has 4 nitrogen and oxygen atoms in total. The fourth-order valence-electron chi connectivity index (χ4n) is 2.55. The number of nitrogens with zero attached hydrogens (tertiary/aromatic N) is 1. The lowest BCUT2D eigenvalue weighted by Gasteiger charge is -2.10. The van der Waals surface area contributed by atoms with Crippen LogP contribution in [0.1, 0.15) is 26.3 Å². The number of hydrogen-bond donors (Lipinski definition) is 1. The van der Waals surface area contributed by atoms with Gasteiger partial charge in [-0.1, -0.05) is 53.5 Å². The molecule has 1 fully saturated rings. The molecule has 0 amide bonds. The van der Waals surface area contributed by atoms with Gasteiger partial charge in [-0.05, 0) is 29.5 Å². The van der Waals surface area contributed by atoms with Gasteiger partial charge in [0.15, 0.2) is 0 Å². The van der Waals surface area contributed by atoms with Crippen molar-refractivity contribution < 1.29 is 0 Å². The highest BCUT2D eigenvalue weighted by Gasteiger charge is 2.48. The first kappa shape index (κ1) is 14.6. The second kappa shape index (κ2) is 4.85. The summed E-state index contributed by atoms with van der Waals surface area (Å²) in [5, 5.41) is 0.0852. The summed E-state index contributed by atoms with van der Waals surface area (Å²) in [7, 11) is 0. The van der Waals surface area contributed by atoms with Crippen LogP contribution in [0.25, 0.3) is 11.1 Å². The Kier molecular flexibility index (Phi) is 3.37. The summed E-state index contributed by atoms with van der Waals surface area (Å²) in [6, 6.07) is 7.20. The highest BCUT2D eigenvalue weighted by Crippen LogP contribution is 2.54. The summed E-state index contributed by atoms with van der Waals surface area (Å²) in [5.74, 6) is 0. The summed E-state index contributed by atoms with van der Waals surface area (Å²) in [4.78, 5) is 27.4. The van der Waals surface area contributed by atoms with Crippen LogP contribution in [-0.4, -0.2) is 9.55 Å². The highest BCUT2D eigenvalue weighted by molar-refractivity contribution is 9.10. The van der Waals surface area contributed by atoms with Crippen LogP contribution in [0.15, 0.2) is 38.3 Å². The zero-order valence-electron chi connectivity index (χ0n) is 11.6. The Bertz CT molecular complexity index is 821. The van der Waals surface area contributed by atoms with E-state index in [0.717, 1.165) is 10.9 Å². The Morgan fingerprint density at radius 3 is 2.38 bits per heavy atom. The Balaban J connectivity index is 2.23. The minimum Gasteiger partial charge on any atom is -0.297 e. The van der Waals surface area contributed by atoms with Crippen molar-refractivity contribution in [1.82, 2.24) is 9.55 Å². The number of hydrogen-bond acceptors (Lipinski definition) is 2. The number of H-pyrrole nitrogens is 1. The summed E-state index contributed by atoms with van der Waals surface area (Å²) >= 11 is 9.45. The quantitative estimate of drug-likeness (QED) is 0.823. The first-order chi connectivity index (χ1) is 9.81. The van der Waals surface area contributed by atoms with E-state index >= 15 is 0 Å². The Morgan fingerprint density at radius 2 is 1.86 bits per heavy atom. The number of rotatable bonds is 2. The maximum atomic E-state index is 12.7. The third-order valence-corrected chi connectivity index (χ3v) is 4.81. The molecule has 1 aliphatic rings. The van der Waals surface area contributed by atoms with Crippen molar-refractivity contribution in [3.05, 3.63) is 54.7 Å². The third kappa shape index (κ3) is 2.49. The van der Waals surface area contributed by atoms with Crippen LogP contribution in [0, 0.1) is 5.41 Å². The summed E-state index contributed by atoms with van der Waals surface area (Å²) < 4.78 is 2.21. The molecule has 110 valence electrons. The van der Waals surface area contributed by atoms with E-state index in [-0.39, 0.29) is 22.2 Å². The van der Waals surface area contributed by atoms with Crippen molar-refractivity contribution in [2.45, 2.75) is 26.3 Å². The topological polar surface area (TPSA) is 54.9 Å². The van der Waals surface area contributed by atoms with E-state index in [1.54, 1.807) is 12.1 Å². The van der Waals surface area contributed by atoms with Crippen LogP contribution in [0.2, 0.25) is 5.15 Å². The number of benzene rings is 1. The fraction of sp³-hybridized carbons (Fsp3) is 0.333. The van der Waals surface area contributed by atoms with Crippen LogP contribution in [0.4, 0.5) is 0 Å². The van der Waals surface area contributed by atoms with E-state index in [0.29, 0.717) is 11.1 Å². The first-order valence-corrected chi connectivity index (χ1v) is 7.78. The fourth-order valence-corrected chi connectivity index (χ4v) is 3.09. The molecule has 1 aliphatic carbocycles. The largest absolute Gasteiger partial charge is 0.329 e. The lowest BCUT2D eigenvalue weighted by Crippen LogP contribution is -2.36. The van der Waals surface area contributed by atoms with E-state index in [2.05, 4.69) is 20.9 Å². The lowest BCUT2D eigenvalue weighted by atomic mass is 10.1. The predicted molar refractivity (Wildman–Crippen MR) is 86.9 cm³/mol. The van der Waals surface area contributed by atoms with E-state index in [4.69, 9.17) is 11.6 Å². The van der Waals surface area contributed by atoms with Gasteiger partial charge in [0.25, 0.3) is 5.56 Å². The summed E-state index contributed by atoms with van der Waals surface area (Å²) in [5.41, 5.74) is 0.230. The van der Waals surface area contributed by atoms with Gasteiger partial charge in [0.05, 0.1) is 5.56 Å². The maximum Gasteiger partial charge on any atom is 0.329 e. The standard InChI is InChI=1S/C15H14BrClN2O2/c1-15(2)7-10(15)19-13(20)11(12(17)18-14(19)21)8-3-5-9(16)6-4-8/h3-6,10H,7H2,1-2H3,(H,18,21). The summed E-state index contributed by atoms with van der Waals surface area (Å²) in [6.45, 7) is 4.08. The van der Waals surface area contributed by atoms with Gasteiger partial charge in [0, 0.05) is 10.5 Å². The van der Waals surface area contributed by atoms with E-state index in [1.165, 1.54) is 4.57 Å². The number of aromatic nitrogens is 2. The van der Waals surface area contributed by atoms with Crippen LogP contribution >= 0.6 is 27.5 Å². The predicted octanol–water partition coefficient (Wildman–Crippen LogP) is 3.59. The van der Waals surface area contributed by atoms with Crippen molar-refractivity contribution in [3.63, 3.8) is 0 Å². The molecule has 1 N–H and O–H groups in total. The molecule has 0 saturated heterocycles. The second-order valence-corrected chi connectivity index (χ2v) is 7.30. The SMILES string of the molecule is CC1(C)CC1n1c(=O)[nH]c(Cl)c(-c2ccc(Br)cc2)c1=O. The number of nitrogens with one attached hydrogen (secondary N) is 1. The van der Waals surface area contributed by atoms with Gasteiger partial charge in [-0.15, -0.1) is 0 Å². The molecular weight excluding hydrogens is 356 g/mol. The smallest absolute Gasteiger partial charge is 0.297 e. The lowest BCUT2D eigenvalue weighted by molar-refractivity contribution is 0.514. The van der Waals surface area contributed by atoms with Gasteiger partial charge in [-0.25, -0.2) is 4.79 Å². The zero-order valence-corrected chi connectivity index (χ0v) is 14.0. The molecular formula is C15H14BrClN2O2. The Morgan fingerprint density at radius 1 is 1.29 bits per heavy atom. The molecule has 0 spiro atoms. The molecule has 1 aromatic heterocycles. The molecule has 1 aromatic carbocycles. The number of aromatic amines is 1. The molecule has 1 heterocycles. The monoisotopic (exact) mass is 368 g/mol. The van der Waals surface area contributed by atoms with Gasteiger partial charge < -0.3 is 0 Å². The normalized spacial score (nSPS) is 19.5. The minimum absolute atomic E-state index is 0.0261. The maximum absolute atomic E-state index is 12.7. The van der Waals surface area contributed by atoms with Crippen molar-refractivity contribution in [3.8, 4) is 11.1 Å².